The molecule has 1 heterocycles. The first-order valence-corrected chi connectivity index (χ1v) is 11.5. The molecule has 1 fully saturated rings. The molecule has 4 rings (SSSR count). The Kier molecular flexibility index (Phi) is 9.25. The molecule has 5 atom stereocenters. The average molecular weight is 476 g/mol. The van der Waals surface area contributed by atoms with E-state index in [0.717, 1.165) is 16.7 Å². The third-order valence-electron chi connectivity index (χ3n) is 5.78. The zero-order valence-electron chi connectivity index (χ0n) is 19.3. The van der Waals surface area contributed by atoms with E-state index in [0.29, 0.717) is 13.2 Å². The fourth-order valence-corrected chi connectivity index (χ4v) is 4.02. The Morgan fingerprint density at radius 3 is 1.74 bits per heavy atom. The lowest BCUT2D eigenvalue weighted by atomic mass is 9.96. The molecule has 0 aliphatic carbocycles. The summed E-state index contributed by atoms with van der Waals surface area (Å²) in [5.41, 5.74) is 12.1. The van der Waals surface area contributed by atoms with Crippen LogP contribution >= 0.6 is 0 Å². The van der Waals surface area contributed by atoms with Gasteiger partial charge in [0.2, 0.25) is 0 Å². The molecule has 3 aromatic rings. The van der Waals surface area contributed by atoms with Crippen LogP contribution in [0.2, 0.25) is 0 Å². The van der Waals surface area contributed by atoms with E-state index in [4.69, 9.17) is 24.5 Å². The number of benzene rings is 3. The highest BCUT2D eigenvalue weighted by Gasteiger charge is 2.46. The number of azide groups is 1. The first-order chi connectivity index (χ1) is 17.2. The average Bonchev–Trinajstić information content (AvgIpc) is 2.90. The van der Waals surface area contributed by atoms with E-state index < -0.39 is 30.6 Å². The van der Waals surface area contributed by atoms with Crippen molar-refractivity contribution in [2.75, 3.05) is 6.61 Å². The van der Waals surface area contributed by atoms with Gasteiger partial charge in [-0.05, 0) is 22.2 Å². The quantitative estimate of drug-likeness (QED) is 0.244. The minimum absolute atomic E-state index is 0.166. The second-order valence-corrected chi connectivity index (χ2v) is 8.28. The maximum absolute atomic E-state index is 10.7. The van der Waals surface area contributed by atoms with Gasteiger partial charge in [0.1, 0.15) is 24.4 Å². The van der Waals surface area contributed by atoms with Crippen LogP contribution < -0.4 is 0 Å². The minimum Gasteiger partial charge on any atom is -0.374 e. The van der Waals surface area contributed by atoms with E-state index in [1.54, 1.807) is 0 Å². The van der Waals surface area contributed by atoms with E-state index in [1.807, 2.05) is 91.0 Å². The van der Waals surface area contributed by atoms with Crippen molar-refractivity contribution in [1.82, 2.24) is 0 Å². The highest BCUT2D eigenvalue weighted by atomic mass is 16.7. The van der Waals surface area contributed by atoms with Crippen molar-refractivity contribution < 1.29 is 24.1 Å². The van der Waals surface area contributed by atoms with Gasteiger partial charge in [0.25, 0.3) is 0 Å². The van der Waals surface area contributed by atoms with Crippen LogP contribution in [-0.4, -0.2) is 42.4 Å². The predicted molar refractivity (Wildman–Crippen MR) is 130 cm³/mol. The summed E-state index contributed by atoms with van der Waals surface area (Å²) in [7, 11) is 0. The first-order valence-electron chi connectivity index (χ1n) is 11.5. The summed E-state index contributed by atoms with van der Waals surface area (Å²) in [5, 5.41) is 14.5. The van der Waals surface area contributed by atoms with Gasteiger partial charge in [0.05, 0.1) is 26.4 Å². The van der Waals surface area contributed by atoms with Gasteiger partial charge in [0, 0.05) is 4.91 Å². The lowest BCUT2D eigenvalue weighted by Gasteiger charge is -2.43. The monoisotopic (exact) mass is 475 g/mol. The lowest BCUT2D eigenvalue weighted by Crippen LogP contribution is -2.59. The molecule has 1 saturated heterocycles. The number of rotatable bonds is 11. The molecular weight excluding hydrogens is 446 g/mol. The third kappa shape index (κ3) is 7.13. The Morgan fingerprint density at radius 1 is 0.743 bits per heavy atom. The van der Waals surface area contributed by atoms with Crippen LogP contribution in [0.5, 0.6) is 0 Å². The van der Waals surface area contributed by atoms with Crippen LogP contribution in [-0.2, 0) is 38.8 Å². The topological polar surface area (TPSA) is 106 Å². The number of hydrogen-bond donors (Lipinski definition) is 1. The highest BCUT2D eigenvalue weighted by molar-refractivity contribution is 5.15. The zero-order valence-corrected chi connectivity index (χ0v) is 19.3. The molecule has 8 nitrogen and oxygen atoms in total. The third-order valence-corrected chi connectivity index (χ3v) is 5.78. The normalized spacial score (nSPS) is 24.0. The van der Waals surface area contributed by atoms with Crippen LogP contribution in [0.3, 0.4) is 0 Å². The number of hydrogen-bond acceptors (Lipinski definition) is 6. The summed E-state index contributed by atoms with van der Waals surface area (Å²) in [6, 6.07) is 28.2. The fraction of sp³-hybridized carbons (Fsp3) is 0.333. The fourth-order valence-electron chi connectivity index (χ4n) is 4.02. The molecule has 0 unspecified atom stereocenters. The lowest BCUT2D eigenvalue weighted by molar-refractivity contribution is -0.273. The van der Waals surface area contributed by atoms with Gasteiger partial charge in [-0.1, -0.05) is 96.1 Å². The molecule has 0 saturated carbocycles. The SMILES string of the molecule is [N-]=[N+]=N[C@H]1[C@H](OCc2ccccc2)[C@@H](OCc2ccccc2)[C@H](COCc2ccccc2)O[C@H]1O. The predicted octanol–water partition coefficient (Wildman–Crippen LogP) is 4.77. The summed E-state index contributed by atoms with van der Waals surface area (Å²) >= 11 is 0. The van der Waals surface area contributed by atoms with E-state index in [2.05, 4.69) is 10.0 Å². The minimum atomic E-state index is -1.35. The smallest absolute Gasteiger partial charge is 0.166 e. The molecule has 0 aromatic heterocycles. The maximum atomic E-state index is 10.7. The summed E-state index contributed by atoms with van der Waals surface area (Å²) in [5.74, 6) is 0. The number of aliphatic hydroxyl groups is 1. The first kappa shape index (κ1) is 24.9. The maximum Gasteiger partial charge on any atom is 0.166 e. The van der Waals surface area contributed by atoms with Gasteiger partial charge < -0.3 is 24.1 Å². The van der Waals surface area contributed by atoms with Gasteiger partial charge in [-0.25, -0.2) is 0 Å². The van der Waals surface area contributed by atoms with Crippen molar-refractivity contribution in [3.8, 4) is 0 Å². The van der Waals surface area contributed by atoms with Crippen LogP contribution in [0.4, 0.5) is 0 Å². The highest BCUT2D eigenvalue weighted by Crippen LogP contribution is 2.29. The van der Waals surface area contributed by atoms with E-state index in [-0.39, 0.29) is 13.2 Å². The number of aliphatic hydroxyl groups excluding tert-OH is 1. The van der Waals surface area contributed by atoms with Crippen molar-refractivity contribution in [1.29, 1.82) is 0 Å². The molecule has 0 amide bonds. The molecule has 1 N–H and O–H groups in total. The van der Waals surface area contributed by atoms with Gasteiger partial charge in [-0.3, -0.25) is 0 Å². The molecule has 1 aliphatic rings. The summed E-state index contributed by atoms with van der Waals surface area (Å²) in [6.45, 7) is 1.11. The van der Waals surface area contributed by atoms with Gasteiger partial charge in [0.15, 0.2) is 6.29 Å². The summed E-state index contributed by atoms with van der Waals surface area (Å²) in [6.07, 6.45) is -3.38. The van der Waals surface area contributed by atoms with Gasteiger partial charge in [-0.15, -0.1) is 0 Å². The van der Waals surface area contributed by atoms with Gasteiger partial charge in [-0.2, -0.15) is 0 Å². The van der Waals surface area contributed by atoms with Crippen LogP contribution in [0.1, 0.15) is 16.7 Å². The molecule has 0 bridgehead atoms. The molecule has 0 spiro atoms. The molecular formula is C27H29N3O5. The standard InChI is InChI=1S/C27H29N3O5/c28-30-29-24-26(34-18-22-14-8-3-9-15-22)25(33-17-21-12-6-2-7-13-21)23(35-27(24)31)19-32-16-20-10-4-1-5-11-20/h1-15,23-27,31H,16-19H2/t23-,24-,25-,26-,27+/m0/s1. The number of ether oxygens (including phenoxy) is 4. The Balaban J connectivity index is 1.52. The van der Waals surface area contributed by atoms with Crippen molar-refractivity contribution in [3.63, 3.8) is 0 Å². The summed E-state index contributed by atoms with van der Waals surface area (Å²) in [4.78, 5) is 2.91. The Labute approximate surface area is 204 Å². The van der Waals surface area contributed by atoms with Crippen LogP contribution in [0.15, 0.2) is 96.1 Å². The van der Waals surface area contributed by atoms with Crippen molar-refractivity contribution in [3.05, 3.63) is 118 Å². The molecule has 3 aromatic carbocycles. The van der Waals surface area contributed by atoms with Crippen molar-refractivity contribution >= 4 is 0 Å². The summed E-state index contributed by atoms with van der Waals surface area (Å²) < 4.78 is 24.3. The number of nitrogens with zero attached hydrogens (tertiary/aromatic N) is 3. The van der Waals surface area contributed by atoms with Crippen LogP contribution in [0, 0.1) is 0 Å². The molecule has 1 aliphatic heterocycles. The van der Waals surface area contributed by atoms with Crippen molar-refractivity contribution in [2.45, 2.75) is 50.5 Å². The molecule has 8 heteroatoms. The van der Waals surface area contributed by atoms with E-state index in [9.17, 15) is 5.11 Å². The zero-order chi connectivity index (χ0) is 24.3. The van der Waals surface area contributed by atoms with Crippen molar-refractivity contribution in [2.24, 2.45) is 5.11 Å². The molecule has 35 heavy (non-hydrogen) atoms. The molecule has 0 radical (unpaired) electrons. The molecule has 182 valence electrons. The Bertz CT molecular complexity index is 1060. The largest absolute Gasteiger partial charge is 0.374 e. The van der Waals surface area contributed by atoms with E-state index in [1.165, 1.54) is 0 Å². The second-order valence-electron chi connectivity index (χ2n) is 8.28. The Hall–Kier alpha value is -3.23. The van der Waals surface area contributed by atoms with Gasteiger partial charge >= 0.3 is 0 Å². The van der Waals surface area contributed by atoms with Crippen LogP contribution in [0.25, 0.3) is 10.4 Å². The second kappa shape index (κ2) is 13.0. The van der Waals surface area contributed by atoms with E-state index >= 15 is 0 Å². The Morgan fingerprint density at radius 2 is 1.23 bits per heavy atom.